The standard InChI is InChI=1S/C10H12O2/c1-6-4-3-5-8-7(2)10(11)12-9(6)8/h3-5,7,10-11H,1-2H3. The van der Waals surface area contributed by atoms with Crippen molar-refractivity contribution in [2.75, 3.05) is 0 Å². The monoisotopic (exact) mass is 164 g/mol. The van der Waals surface area contributed by atoms with Crippen LogP contribution in [0.1, 0.15) is 24.0 Å². The average Bonchev–Trinajstić information content (AvgIpc) is 2.32. The Morgan fingerprint density at radius 2 is 2.17 bits per heavy atom. The third kappa shape index (κ3) is 0.916. The molecule has 1 heterocycles. The fraction of sp³-hybridized carbons (Fsp3) is 0.400. The molecule has 64 valence electrons. The smallest absolute Gasteiger partial charge is 0.204 e. The molecule has 0 radical (unpaired) electrons. The van der Waals surface area contributed by atoms with Crippen LogP contribution in [0.5, 0.6) is 5.75 Å². The summed E-state index contributed by atoms with van der Waals surface area (Å²) in [7, 11) is 0. The summed E-state index contributed by atoms with van der Waals surface area (Å²) >= 11 is 0. The van der Waals surface area contributed by atoms with Crippen LogP contribution in [-0.4, -0.2) is 11.4 Å². The van der Waals surface area contributed by atoms with Gasteiger partial charge in [-0.1, -0.05) is 25.1 Å². The molecule has 0 saturated heterocycles. The summed E-state index contributed by atoms with van der Waals surface area (Å²) in [6.07, 6.45) is -0.666. The number of aliphatic hydroxyl groups excluding tert-OH is 1. The highest BCUT2D eigenvalue weighted by atomic mass is 16.6. The van der Waals surface area contributed by atoms with Crippen LogP contribution in [-0.2, 0) is 0 Å². The summed E-state index contributed by atoms with van der Waals surface area (Å²) in [5.41, 5.74) is 2.21. The molecule has 2 unspecified atom stereocenters. The highest BCUT2D eigenvalue weighted by Crippen LogP contribution is 2.38. The molecule has 0 bridgehead atoms. The van der Waals surface area contributed by atoms with Crippen LogP contribution in [0.4, 0.5) is 0 Å². The number of fused-ring (bicyclic) bond motifs is 1. The maximum atomic E-state index is 9.42. The first-order chi connectivity index (χ1) is 5.70. The molecule has 1 aliphatic rings. The van der Waals surface area contributed by atoms with Crippen molar-refractivity contribution >= 4 is 0 Å². The highest BCUT2D eigenvalue weighted by Gasteiger charge is 2.29. The molecule has 0 aromatic heterocycles. The van der Waals surface area contributed by atoms with E-state index in [1.807, 2.05) is 32.0 Å². The SMILES string of the molecule is Cc1cccc2c1OC(O)C2C. The Balaban J connectivity index is 2.53. The summed E-state index contributed by atoms with van der Waals surface area (Å²) in [5, 5.41) is 9.42. The van der Waals surface area contributed by atoms with Crippen molar-refractivity contribution in [2.45, 2.75) is 26.1 Å². The van der Waals surface area contributed by atoms with Crippen LogP contribution in [0.2, 0.25) is 0 Å². The second-order valence-electron chi connectivity index (χ2n) is 3.29. The number of aryl methyl sites for hydroxylation is 1. The van der Waals surface area contributed by atoms with Crippen molar-refractivity contribution in [3.05, 3.63) is 29.3 Å². The zero-order valence-corrected chi connectivity index (χ0v) is 7.24. The van der Waals surface area contributed by atoms with Crippen molar-refractivity contribution in [3.8, 4) is 5.75 Å². The number of ether oxygens (including phenoxy) is 1. The number of hydrogen-bond acceptors (Lipinski definition) is 2. The van der Waals surface area contributed by atoms with Gasteiger partial charge in [0.1, 0.15) is 5.75 Å². The first kappa shape index (κ1) is 7.62. The highest BCUT2D eigenvalue weighted by molar-refractivity contribution is 5.45. The van der Waals surface area contributed by atoms with Crippen molar-refractivity contribution in [1.82, 2.24) is 0 Å². The van der Waals surface area contributed by atoms with E-state index in [9.17, 15) is 5.11 Å². The van der Waals surface area contributed by atoms with Gasteiger partial charge in [-0.05, 0) is 12.5 Å². The van der Waals surface area contributed by atoms with Crippen LogP contribution in [0.25, 0.3) is 0 Å². The molecule has 0 spiro atoms. The summed E-state index contributed by atoms with van der Waals surface area (Å²) in [6, 6.07) is 5.98. The fourth-order valence-electron chi connectivity index (χ4n) is 1.57. The number of benzene rings is 1. The Hall–Kier alpha value is -1.02. The lowest BCUT2D eigenvalue weighted by atomic mass is 10.0. The zero-order chi connectivity index (χ0) is 8.72. The van der Waals surface area contributed by atoms with Gasteiger partial charge in [-0.15, -0.1) is 0 Å². The predicted octanol–water partition coefficient (Wildman–Crippen LogP) is 1.81. The molecule has 2 heteroatoms. The van der Waals surface area contributed by atoms with Gasteiger partial charge in [-0.3, -0.25) is 0 Å². The van der Waals surface area contributed by atoms with Gasteiger partial charge in [0.05, 0.1) is 0 Å². The van der Waals surface area contributed by atoms with Gasteiger partial charge in [0.25, 0.3) is 0 Å². The molecule has 2 atom stereocenters. The first-order valence-corrected chi connectivity index (χ1v) is 4.14. The Morgan fingerprint density at radius 3 is 2.83 bits per heavy atom. The Bertz CT molecular complexity index is 307. The molecule has 1 aliphatic heterocycles. The topological polar surface area (TPSA) is 29.5 Å². The van der Waals surface area contributed by atoms with Crippen LogP contribution in [0.15, 0.2) is 18.2 Å². The normalized spacial score (nSPS) is 26.6. The lowest BCUT2D eigenvalue weighted by Gasteiger charge is -2.06. The van der Waals surface area contributed by atoms with E-state index in [4.69, 9.17) is 4.74 Å². The fourth-order valence-corrected chi connectivity index (χ4v) is 1.57. The number of rotatable bonds is 0. The van der Waals surface area contributed by atoms with E-state index in [1.165, 1.54) is 0 Å². The quantitative estimate of drug-likeness (QED) is 0.633. The lowest BCUT2D eigenvalue weighted by molar-refractivity contribution is -0.0145. The van der Waals surface area contributed by atoms with E-state index in [0.717, 1.165) is 16.9 Å². The van der Waals surface area contributed by atoms with Crippen LogP contribution in [0.3, 0.4) is 0 Å². The van der Waals surface area contributed by atoms with Crippen LogP contribution >= 0.6 is 0 Å². The molecular weight excluding hydrogens is 152 g/mol. The third-order valence-corrected chi connectivity index (χ3v) is 2.40. The second-order valence-corrected chi connectivity index (χ2v) is 3.29. The Labute approximate surface area is 71.8 Å². The largest absolute Gasteiger partial charge is 0.464 e. The van der Waals surface area contributed by atoms with Crippen molar-refractivity contribution in [3.63, 3.8) is 0 Å². The van der Waals surface area contributed by atoms with Crippen LogP contribution in [0, 0.1) is 6.92 Å². The average molecular weight is 164 g/mol. The van der Waals surface area contributed by atoms with E-state index in [-0.39, 0.29) is 5.92 Å². The lowest BCUT2D eigenvalue weighted by Crippen LogP contribution is -2.14. The molecule has 1 N–H and O–H groups in total. The molecule has 0 aliphatic carbocycles. The molecule has 0 saturated carbocycles. The van der Waals surface area contributed by atoms with Gasteiger partial charge < -0.3 is 9.84 Å². The molecule has 1 aromatic carbocycles. The summed E-state index contributed by atoms with van der Waals surface area (Å²) in [5.74, 6) is 0.956. The van der Waals surface area contributed by atoms with E-state index in [1.54, 1.807) is 0 Å². The van der Waals surface area contributed by atoms with Crippen molar-refractivity contribution in [2.24, 2.45) is 0 Å². The maximum absolute atomic E-state index is 9.42. The predicted molar refractivity (Wildman–Crippen MR) is 46.2 cm³/mol. The molecule has 2 rings (SSSR count). The minimum absolute atomic E-state index is 0.0971. The summed E-state index contributed by atoms with van der Waals surface area (Å²) in [4.78, 5) is 0. The van der Waals surface area contributed by atoms with Gasteiger partial charge >= 0.3 is 0 Å². The first-order valence-electron chi connectivity index (χ1n) is 4.14. The van der Waals surface area contributed by atoms with E-state index < -0.39 is 6.29 Å². The van der Waals surface area contributed by atoms with Gasteiger partial charge in [0.2, 0.25) is 6.29 Å². The summed E-state index contributed by atoms with van der Waals surface area (Å²) < 4.78 is 5.31. The molecular formula is C10H12O2. The Morgan fingerprint density at radius 1 is 1.42 bits per heavy atom. The number of aliphatic hydroxyl groups is 1. The van der Waals surface area contributed by atoms with Crippen molar-refractivity contribution < 1.29 is 9.84 Å². The van der Waals surface area contributed by atoms with E-state index in [0.29, 0.717) is 0 Å². The van der Waals surface area contributed by atoms with Crippen LogP contribution < -0.4 is 4.74 Å². The molecule has 1 aromatic rings. The van der Waals surface area contributed by atoms with Gasteiger partial charge in [0.15, 0.2) is 0 Å². The number of para-hydroxylation sites is 1. The minimum atomic E-state index is -0.666. The number of hydrogen-bond donors (Lipinski definition) is 1. The molecule has 12 heavy (non-hydrogen) atoms. The van der Waals surface area contributed by atoms with Crippen molar-refractivity contribution in [1.29, 1.82) is 0 Å². The molecule has 2 nitrogen and oxygen atoms in total. The Kier molecular flexibility index (Phi) is 1.58. The van der Waals surface area contributed by atoms with Gasteiger partial charge in [-0.25, -0.2) is 0 Å². The summed E-state index contributed by atoms with van der Waals surface area (Å²) in [6.45, 7) is 3.96. The van der Waals surface area contributed by atoms with Gasteiger partial charge in [0, 0.05) is 11.5 Å². The molecule has 0 amide bonds. The minimum Gasteiger partial charge on any atom is -0.464 e. The molecule has 0 fully saturated rings. The maximum Gasteiger partial charge on any atom is 0.204 e. The zero-order valence-electron chi connectivity index (χ0n) is 7.24. The third-order valence-electron chi connectivity index (χ3n) is 2.40. The van der Waals surface area contributed by atoms with Gasteiger partial charge in [-0.2, -0.15) is 0 Å². The van der Waals surface area contributed by atoms with E-state index >= 15 is 0 Å². The van der Waals surface area contributed by atoms with E-state index in [2.05, 4.69) is 0 Å². The second kappa shape index (κ2) is 2.49.